The maximum Gasteiger partial charge on any atom is 0.310 e. The highest BCUT2D eigenvalue weighted by Crippen LogP contribution is 2.66. The zero-order valence-electron chi connectivity index (χ0n) is 17.0. The third-order valence-electron chi connectivity index (χ3n) is 6.31. The number of ether oxygens (including phenoxy) is 2. The van der Waals surface area contributed by atoms with E-state index in [9.17, 15) is 19.5 Å². The summed E-state index contributed by atoms with van der Waals surface area (Å²) in [4.78, 5) is 40.8. The van der Waals surface area contributed by atoms with Crippen LogP contribution in [0.3, 0.4) is 0 Å². The van der Waals surface area contributed by atoms with Gasteiger partial charge in [0, 0.05) is 17.5 Å². The first-order chi connectivity index (χ1) is 14.5. The smallest absolute Gasteiger partial charge is 0.310 e. The molecule has 0 saturated carbocycles. The number of anilines is 1. The predicted molar refractivity (Wildman–Crippen MR) is 111 cm³/mol. The molecule has 1 aromatic carbocycles. The standard InChI is InChI=1S/C21H26N2O6S/c1-3-29-20(27)15-14-8-9-21(30-14)16(15)19(26)23(10-11-24)17(21)18(25)22-12-4-6-13(28-2)7-5-12/h4-7,14-17,24H,3,8-11H2,1-2H3,(H,22,25)/t14-,15+,16+,17?,21?/m1/s1. The second-order valence-corrected chi connectivity index (χ2v) is 9.38. The van der Waals surface area contributed by atoms with Crippen molar-refractivity contribution in [3.05, 3.63) is 24.3 Å². The van der Waals surface area contributed by atoms with Crippen molar-refractivity contribution in [3.8, 4) is 5.75 Å². The molecule has 3 fully saturated rings. The molecule has 3 saturated heterocycles. The molecule has 3 heterocycles. The fourth-order valence-corrected chi connectivity index (χ4v) is 7.40. The monoisotopic (exact) mass is 434 g/mol. The third-order valence-corrected chi connectivity index (χ3v) is 8.26. The fourth-order valence-electron chi connectivity index (χ4n) is 5.19. The molecule has 0 aromatic heterocycles. The van der Waals surface area contributed by atoms with E-state index < -0.39 is 22.6 Å². The van der Waals surface area contributed by atoms with Crippen LogP contribution in [0.2, 0.25) is 0 Å². The normalized spacial score (nSPS) is 31.6. The number of nitrogens with zero attached hydrogens (tertiary/aromatic N) is 1. The van der Waals surface area contributed by atoms with Crippen LogP contribution in [0.1, 0.15) is 19.8 Å². The van der Waals surface area contributed by atoms with E-state index in [1.54, 1.807) is 50.1 Å². The predicted octanol–water partition coefficient (Wildman–Crippen LogP) is 1.28. The van der Waals surface area contributed by atoms with E-state index in [4.69, 9.17) is 9.47 Å². The second kappa shape index (κ2) is 8.11. The number of carbonyl (C=O) groups is 3. The van der Waals surface area contributed by atoms with Gasteiger partial charge in [0.05, 0.1) is 36.9 Å². The number of methoxy groups -OCH3 is 1. The SMILES string of the molecule is CCOC(=O)[C@@H]1[C@H]2C(=O)N(CCO)C(C(=O)Nc3ccc(OC)cc3)C23CC[C@H]1S3. The molecular weight excluding hydrogens is 408 g/mol. The van der Waals surface area contributed by atoms with Crippen molar-refractivity contribution in [3.63, 3.8) is 0 Å². The highest BCUT2D eigenvalue weighted by molar-refractivity contribution is 8.02. The van der Waals surface area contributed by atoms with Crippen LogP contribution in [0.4, 0.5) is 5.69 Å². The summed E-state index contributed by atoms with van der Waals surface area (Å²) in [5.41, 5.74) is 0.594. The molecule has 1 spiro atoms. The van der Waals surface area contributed by atoms with Crippen LogP contribution < -0.4 is 10.1 Å². The minimum Gasteiger partial charge on any atom is -0.497 e. The zero-order valence-corrected chi connectivity index (χ0v) is 17.8. The molecular formula is C21H26N2O6S. The third kappa shape index (κ3) is 3.15. The van der Waals surface area contributed by atoms with Crippen LogP contribution >= 0.6 is 11.8 Å². The molecule has 2 unspecified atom stereocenters. The van der Waals surface area contributed by atoms with E-state index in [1.807, 2.05) is 0 Å². The van der Waals surface area contributed by atoms with Crippen LogP contribution in [-0.4, -0.2) is 70.7 Å². The fraction of sp³-hybridized carbons (Fsp3) is 0.571. The van der Waals surface area contributed by atoms with Gasteiger partial charge in [0.25, 0.3) is 0 Å². The van der Waals surface area contributed by atoms with Crippen LogP contribution in [-0.2, 0) is 19.1 Å². The Labute approximate surface area is 179 Å². The van der Waals surface area contributed by atoms with E-state index in [-0.39, 0.29) is 42.8 Å². The highest BCUT2D eigenvalue weighted by Gasteiger charge is 2.73. The van der Waals surface area contributed by atoms with Gasteiger partial charge in [-0.05, 0) is 44.0 Å². The molecule has 8 nitrogen and oxygen atoms in total. The van der Waals surface area contributed by atoms with Gasteiger partial charge in [-0.25, -0.2) is 0 Å². The van der Waals surface area contributed by atoms with Crippen LogP contribution in [0.15, 0.2) is 24.3 Å². The lowest BCUT2D eigenvalue weighted by Crippen LogP contribution is -2.51. The Hall–Kier alpha value is -2.26. The number of hydrogen-bond acceptors (Lipinski definition) is 7. The lowest BCUT2D eigenvalue weighted by molar-refractivity contribution is -0.153. The van der Waals surface area contributed by atoms with Crippen molar-refractivity contribution in [1.82, 2.24) is 4.90 Å². The molecule has 2 bridgehead atoms. The number of β-amino-alcohol motifs (C(OH)–C–C–N with tert-alkyl or cyclic N) is 1. The first-order valence-electron chi connectivity index (χ1n) is 10.2. The van der Waals surface area contributed by atoms with Crippen molar-refractivity contribution in [2.24, 2.45) is 11.8 Å². The summed E-state index contributed by atoms with van der Waals surface area (Å²) in [7, 11) is 1.57. The largest absolute Gasteiger partial charge is 0.497 e. The van der Waals surface area contributed by atoms with Crippen molar-refractivity contribution in [1.29, 1.82) is 0 Å². The minimum atomic E-state index is -0.751. The average molecular weight is 435 g/mol. The van der Waals surface area contributed by atoms with Crippen LogP contribution in [0, 0.1) is 11.8 Å². The first-order valence-corrected chi connectivity index (χ1v) is 11.1. The molecule has 5 atom stereocenters. The number of esters is 1. The molecule has 4 rings (SSSR count). The van der Waals surface area contributed by atoms with Gasteiger partial charge in [0.15, 0.2) is 0 Å². The number of fused-ring (bicyclic) bond motifs is 1. The van der Waals surface area contributed by atoms with E-state index in [1.165, 1.54) is 4.90 Å². The molecule has 3 aliphatic rings. The minimum absolute atomic E-state index is 0.0226. The Kier molecular flexibility index (Phi) is 5.67. The molecule has 3 aliphatic heterocycles. The summed E-state index contributed by atoms with van der Waals surface area (Å²) in [6.45, 7) is 1.80. The Morgan fingerprint density at radius 2 is 2.07 bits per heavy atom. The number of thioether (sulfide) groups is 1. The van der Waals surface area contributed by atoms with E-state index in [0.29, 0.717) is 17.9 Å². The number of likely N-dealkylation sites (tertiary alicyclic amines) is 1. The number of rotatable bonds is 7. The van der Waals surface area contributed by atoms with Gasteiger partial charge in [-0.3, -0.25) is 14.4 Å². The second-order valence-electron chi connectivity index (χ2n) is 7.78. The maximum atomic E-state index is 13.4. The number of carbonyl (C=O) groups excluding carboxylic acids is 3. The number of benzene rings is 1. The van der Waals surface area contributed by atoms with Crippen molar-refractivity contribution < 1.29 is 29.0 Å². The van der Waals surface area contributed by atoms with Gasteiger partial charge >= 0.3 is 5.97 Å². The Morgan fingerprint density at radius 1 is 1.33 bits per heavy atom. The zero-order chi connectivity index (χ0) is 21.5. The lowest BCUT2D eigenvalue weighted by Gasteiger charge is -2.33. The Balaban J connectivity index is 1.64. The van der Waals surface area contributed by atoms with E-state index in [2.05, 4.69) is 5.32 Å². The molecule has 0 radical (unpaired) electrons. The van der Waals surface area contributed by atoms with Gasteiger partial charge in [-0.2, -0.15) is 0 Å². The van der Waals surface area contributed by atoms with Crippen molar-refractivity contribution in [2.75, 3.05) is 32.2 Å². The quantitative estimate of drug-likeness (QED) is 0.623. The average Bonchev–Trinajstić information content (AvgIpc) is 3.37. The van der Waals surface area contributed by atoms with Gasteiger partial charge in [-0.1, -0.05) is 0 Å². The molecule has 0 aliphatic carbocycles. The maximum absolute atomic E-state index is 13.4. The molecule has 1 aromatic rings. The molecule has 2 amide bonds. The van der Waals surface area contributed by atoms with E-state index >= 15 is 0 Å². The molecule has 9 heteroatoms. The Morgan fingerprint density at radius 3 is 2.70 bits per heavy atom. The van der Waals surface area contributed by atoms with Gasteiger partial charge < -0.3 is 24.8 Å². The number of aliphatic hydroxyl groups is 1. The molecule has 162 valence electrons. The topological polar surface area (TPSA) is 105 Å². The summed E-state index contributed by atoms with van der Waals surface area (Å²) in [6, 6.07) is 6.21. The van der Waals surface area contributed by atoms with E-state index in [0.717, 1.165) is 6.42 Å². The molecule has 30 heavy (non-hydrogen) atoms. The van der Waals surface area contributed by atoms with Crippen LogP contribution in [0.5, 0.6) is 5.75 Å². The summed E-state index contributed by atoms with van der Waals surface area (Å²) < 4.78 is 9.73. The first kappa shape index (κ1) is 21.0. The Bertz CT molecular complexity index is 846. The molecule has 2 N–H and O–H groups in total. The number of nitrogens with one attached hydrogen (secondary N) is 1. The van der Waals surface area contributed by atoms with Crippen molar-refractivity contribution in [2.45, 2.75) is 35.8 Å². The summed E-state index contributed by atoms with van der Waals surface area (Å²) >= 11 is 1.57. The van der Waals surface area contributed by atoms with Gasteiger partial charge in [0.2, 0.25) is 11.8 Å². The number of amides is 2. The number of hydrogen-bond donors (Lipinski definition) is 2. The van der Waals surface area contributed by atoms with Gasteiger partial charge in [0.1, 0.15) is 11.8 Å². The summed E-state index contributed by atoms with van der Waals surface area (Å²) in [5, 5.41) is 12.4. The number of aliphatic hydroxyl groups excluding tert-OH is 1. The van der Waals surface area contributed by atoms with Crippen LogP contribution in [0.25, 0.3) is 0 Å². The lowest BCUT2D eigenvalue weighted by atomic mass is 9.71. The summed E-state index contributed by atoms with van der Waals surface area (Å²) in [5.74, 6) is -1.38. The summed E-state index contributed by atoms with van der Waals surface area (Å²) in [6.07, 6.45) is 1.44. The van der Waals surface area contributed by atoms with Crippen molar-refractivity contribution >= 4 is 35.2 Å². The van der Waals surface area contributed by atoms with Gasteiger partial charge in [-0.15, -0.1) is 11.8 Å². The highest BCUT2D eigenvalue weighted by atomic mass is 32.2.